The molecule has 6 rings (SSSR count). The monoisotopic (exact) mass is 445 g/mol. The summed E-state index contributed by atoms with van der Waals surface area (Å²) in [5, 5.41) is 15.7. The lowest BCUT2D eigenvalue weighted by atomic mass is 9.94. The number of ether oxygens (including phenoxy) is 2. The van der Waals surface area contributed by atoms with Crippen molar-refractivity contribution < 1.29 is 9.47 Å². The minimum absolute atomic E-state index is 0.155. The molecular formula is C24H27N7O2. The van der Waals surface area contributed by atoms with Crippen LogP contribution in [0.3, 0.4) is 0 Å². The molecule has 0 aromatic carbocycles. The van der Waals surface area contributed by atoms with Crippen molar-refractivity contribution in [1.82, 2.24) is 29.7 Å². The first-order chi connectivity index (χ1) is 16.1. The number of nitrogens with one attached hydrogen (secondary N) is 2. The van der Waals surface area contributed by atoms with E-state index in [9.17, 15) is 0 Å². The van der Waals surface area contributed by atoms with Crippen molar-refractivity contribution in [3.63, 3.8) is 0 Å². The topological polar surface area (TPSA) is 90.5 Å². The van der Waals surface area contributed by atoms with Gasteiger partial charge in [-0.05, 0) is 30.7 Å². The van der Waals surface area contributed by atoms with Gasteiger partial charge in [0.1, 0.15) is 11.9 Å². The summed E-state index contributed by atoms with van der Waals surface area (Å²) < 4.78 is 15.8. The van der Waals surface area contributed by atoms with Crippen molar-refractivity contribution in [2.75, 3.05) is 18.5 Å². The first-order valence-corrected chi connectivity index (χ1v) is 11.3. The summed E-state index contributed by atoms with van der Waals surface area (Å²) in [6.45, 7) is 3.51. The number of nitrogens with zero attached hydrogens (tertiary/aromatic N) is 5. The smallest absolute Gasteiger partial charge is 0.153 e. The van der Waals surface area contributed by atoms with Crippen LogP contribution in [-0.4, -0.2) is 55.8 Å². The number of hydrogen-bond donors (Lipinski definition) is 2. The van der Waals surface area contributed by atoms with Gasteiger partial charge in [0.15, 0.2) is 5.82 Å². The number of morpholine rings is 1. The van der Waals surface area contributed by atoms with Crippen LogP contribution < -0.4 is 15.4 Å². The normalized spacial score (nSPS) is 22.4. The van der Waals surface area contributed by atoms with Crippen LogP contribution in [0.1, 0.15) is 18.5 Å². The highest BCUT2D eigenvalue weighted by Crippen LogP contribution is 2.34. The van der Waals surface area contributed by atoms with E-state index in [1.54, 1.807) is 10.9 Å². The predicted octanol–water partition coefficient (Wildman–Crippen LogP) is 3.08. The van der Waals surface area contributed by atoms with Crippen LogP contribution in [0.2, 0.25) is 0 Å². The molecule has 4 aromatic heterocycles. The first-order valence-electron chi connectivity index (χ1n) is 11.3. The van der Waals surface area contributed by atoms with Gasteiger partial charge in [-0.1, -0.05) is 0 Å². The average Bonchev–Trinajstić information content (AvgIpc) is 3.39. The molecule has 2 aliphatic heterocycles. The molecule has 2 saturated heterocycles. The Morgan fingerprint density at radius 3 is 2.79 bits per heavy atom. The standard InChI is InChI=1S/C24H27N7O2/c1-15-5-22(23(11-25-15)33-21-7-17-13-32-14-18(8-21)27-17)16-3-4-31-20(6-16)9-24(29-31)28-19-10-26-30(2)12-19/h3-6,9-12,17-18,21,27H,7-8,13-14H2,1-2H3,(H,28,29)/t17-,18+,21?. The van der Waals surface area contributed by atoms with E-state index in [0.29, 0.717) is 12.1 Å². The highest BCUT2D eigenvalue weighted by atomic mass is 16.5. The molecule has 1 unspecified atom stereocenters. The van der Waals surface area contributed by atoms with Crippen LogP contribution in [-0.2, 0) is 11.8 Å². The lowest BCUT2D eigenvalue weighted by Crippen LogP contribution is -2.56. The number of rotatable bonds is 5. The second-order valence-electron chi connectivity index (χ2n) is 8.97. The molecule has 2 N–H and O–H groups in total. The molecule has 2 bridgehead atoms. The summed E-state index contributed by atoms with van der Waals surface area (Å²) in [7, 11) is 1.89. The Kier molecular flexibility index (Phi) is 5.00. The van der Waals surface area contributed by atoms with Crippen LogP contribution in [0.5, 0.6) is 5.75 Å². The van der Waals surface area contributed by atoms with Crippen molar-refractivity contribution in [3.8, 4) is 16.9 Å². The Labute approximate surface area is 191 Å². The molecule has 6 heterocycles. The molecular weight excluding hydrogens is 418 g/mol. The summed E-state index contributed by atoms with van der Waals surface area (Å²) >= 11 is 0. The number of aryl methyl sites for hydroxylation is 2. The van der Waals surface area contributed by atoms with Crippen LogP contribution in [0.15, 0.2) is 49.1 Å². The van der Waals surface area contributed by atoms with Gasteiger partial charge in [0, 0.05) is 61.7 Å². The molecule has 170 valence electrons. The van der Waals surface area contributed by atoms with Gasteiger partial charge >= 0.3 is 0 Å². The van der Waals surface area contributed by atoms with Gasteiger partial charge in [-0.15, -0.1) is 0 Å². The van der Waals surface area contributed by atoms with Crippen LogP contribution in [0, 0.1) is 6.92 Å². The van der Waals surface area contributed by atoms with Gasteiger partial charge in [-0.3, -0.25) is 9.67 Å². The molecule has 0 saturated carbocycles. The second kappa shape index (κ2) is 8.17. The van der Waals surface area contributed by atoms with E-state index < -0.39 is 0 Å². The summed E-state index contributed by atoms with van der Waals surface area (Å²) in [5.74, 6) is 1.59. The fourth-order valence-electron chi connectivity index (χ4n) is 4.78. The van der Waals surface area contributed by atoms with Crippen LogP contribution >= 0.6 is 0 Å². The minimum atomic E-state index is 0.155. The second-order valence-corrected chi connectivity index (χ2v) is 8.97. The Balaban J connectivity index is 1.28. The molecule has 0 radical (unpaired) electrons. The van der Waals surface area contributed by atoms with Gasteiger partial charge in [0.05, 0.1) is 36.8 Å². The summed E-state index contributed by atoms with van der Waals surface area (Å²) in [4.78, 5) is 4.52. The fraction of sp³-hybridized carbons (Fsp3) is 0.375. The Hall–Kier alpha value is -3.43. The maximum atomic E-state index is 6.53. The zero-order valence-corrected chi connectivity index (χ0v) is 18.7. The largest absolute Gasteiger partial charge is 0.488 e. The number of pyridine rings is 2. The molecule has 0 spiro atoms. The van der Waals surface area contributed by atoms with Crippen LogP contribution in [0.4, 0.5) is 11.5 Å². The minimum Gasteiger partial charge on any atom is -0.488 e. The average molecular weight is 446 g/mol. The summed E-state index contributed by atoms with van der Waals surface area (Å²) in [5.41, 5.74) is 4.98. The molecule has 9 nitrogen and oxygen atoms in total. The third kappa shape index (κ3) is 4.17. The zero-order chi connectivity index (χ0) is 22.4. The lowest BCUT2D eigenvalue weighted by Gasteiger charge is -2.40. The van der Waals surface area contributed by atoms with E-state index in [-0.39, 0.29) is 6.10 Å². The van der Waals surface area contributed by atoms with E-state index in [1.807, 2.05) is 43.1 Å². The predicted molar refractivity (Wildman–Crippen MR) is 125 cm³/mol. The summed E-state index contributed by atoms with van der Waals surface area (Å²) in [6, 6.07) is 9.04. The highest BCUT2D eigenvalue weighted by Gasteiger charge is 2.33. The Morgan fingerprint density at radius 1 is 1.15 bits per heavy atom. The highest BCUT2D eigenvalue weighted by molar-refractivity contribution is 5.75. The molecule has 33 heavy (non-hydrogen) atoms. The van der Waals surface area contributed by atoms with Crippen molar-refractivity contribution in [2.45, 2.75) is 38.0 Å². The SMILES string of the molecule is Cc1cc(-c2ccn3nc(Nc4cnn(C)c4)cc3c2)c(OC2C[C@H]3COC[C@@H](C2)N3)cn1. The molecule has 0 aliphatic carbocycles. The van der Waals surface area contributed by atoms with Crippen molar-refractivity contribution in [1.29, 1.82) is 0 Å². The maximum Gasteiger partial charge on any atom is 0.153 e. The Bertz CT molecular complexity index is 1290. The van der Waals surface area contributed by atoms with E-state index in [0.717, 1.165) is 65.6 Å². The molecule has 2 aliphatic rings. The number of fused-ring (bicyclic) bond motifs is 3. The number of piperidine rings is 1. The molecule has 3 atom stereocenters. The van der Waals surface area contributed by atoms with Crippen molar-refractivity contribution >= 4 is 17.0 Å². The number of hydrogen-bond acceptors (Lipinski definition) is 7. The third-order valence-corrected chi connectivity index (χ3v) is 6.25. The maximum absolute atomic E-state index is 6.53. The van der Waals surface area contributed by atoms with Gasteiger partial charge < -0.3 is 20.1 Å². The van der Waals surface area contributed by atoms with Crippen molar-refractivity contribution in [3.05, 3.63) is 54.7 Å². The van der Waals surface area contributed by atoms with E-state index >= 15 is 0 Å². The molecule has 2 fully saturated rings. The quantitative estimate of drug-likeness (QED) is 0.488. The first kappa shape index (κ1) is 20.2. The molecule has 0 amide bonds. The molecule has 9 heteroatoms. The zero-order valence-electron chi connectivity index (χ0n) is 18.7. The van der Waals surface area contributed by atoms with Gasteiger partial charge in [0.25, 0.3) is 0 Å². The van der Waals surface area contributed by atoms with Gasteiger partial charge in [-0.2, -0.15) is 10.2 Å². The Morgan fingerprint density at radius 2 is 2.00 bits per heavy atom. The van der Waals surface area contributed by atoms with Crippen molar-refractivity contribution in [2.24, 2.45) is 7.05 Å². The van der Waals surface area contributed by atoms with Crippen LogP contribution in [0.25, 0.3) is 16.6 Å². The number of aromatic nitrogens is 5. The van der Waals surface area contributed by atoms with E-state index in [4.69, 9.17) is 9.47 Å². The third-order valence-electron chi connectivity index (χ3n) is 6.25. The molecule has 4 aromatic rings. The van der Waals surface area contributed by atoms with Gasteiger partial charge in [-0.25, -0.2) is 4.52 Å². The van der Waals surface area contributed by atoms with E-state index in [1.165, 1.54) is 0 Å². The van der Waals surface area contributed by atoms with Gasteiger partial charge in [0.2, 0.25) is 0 Å². The lowest BCUT2D eigenvalue weighted by molar-refractivity contribution is -0.0122. The number of anilines is 2. The fourth-order valence-corrected chi connectivity index (χ4v) is 4.78. The van der Waals surface area contributed by atoms with E-state index in [2.05, 4.69) is 44.0 Å². The summed E-state index contributed by atoms with van der Waals surface area (Å²) in [6.07, 6.45) is 9.56.